The molecule has 2 rings (SSSR count). The van der Waals surface area contributed by atoms with Crippen molar-refractivity contribution >= 4 is 28.7 Å². The Labute approximate surface area is 116 Å². The van der Waals surface area contributed by atoms with Crippen molar-refractivity contribution < 1.29 is 4.79 Å². The summed E-state index contributed by atoms with van der Waals surface area (Å²) in [5.74, 6) is 0.550. The second-order valence-electron chi connectivity index (χ2n) is 4.51. The standard InChI is InChI=1S/C13H17ClN4O/c1-9(14)12-17-10-5-4-7-16-13(10)18(12)8-3-2-6-11(15)19/h4-5,7,9H,2-3,6,8H2,1H3,(H2,15,19). The fourth-order valence-electron chi connectivity index (χ4n) is 2.07. The molecule has 0 fully saturated rings. The zero-order valence-corrected chi connectivity index (χ0v) is 11.6. The van der Waals surface area contributed by atoms with Crippen LogP contribution in [0, 0.1) is 0 Å². The number of nitrogens with two attached hydrogens (primary N) is 1. The number of alkyl halides is 1. The average Bonchev–Trinajstić information content (AvgIpc) is 2.73. The van der Waals surface area contributed by atoms with Crippen molar-refractivity contribution in [2.24, 2.45) is 5.73 Å². The van der Waals surface area contributed by atoms with Crippen LogP contribution in [0.15, 0.2) is 18.3 Å². The first-order valence-corrected chi connectivity index (χ1v) is 6.76. The third-order valence-electron chi connectivity index (χ3n) is 2.94. The van der Waals surface area contributed by atoms with Crippen molar-refractivity contribution in [2.45, 2.75) is 38.1 Å². The van der Waals surface area contributed by atoms with Gasteiger partial charge in [-0.05, 0) is 31.9 Å². The Bertz CT molecular complexity index is 579. The lowest BCUT2D eigenvalue weighted by atomic mass is 10.2. The molecule has 1 unspecified atom stereocenters. The van der Waals surface area contributed by atoms with Crippen LogP contribution in [0.1, 0.15) is 37.4 Å². The van der Waals surface area contributed by atoms with Crippen molar-refractivity contribution in [2.75, 3.05) is 0 Å². The van der Waals surface area contributed by atoms with Crippen molar-refractivity contribution in [1.82, 2.24) is 14.5 Å². The van der Waals surface area contributed by atoms with E-state index in [0.717, 1.165) is 36.4 Å². The first-order valence-electron chi connectivity index (χ1n) is 6.33. The molecule has 1 atom stereocenters. The van der Waals surface area contributed by atoms with E-state index in [-0.39, 0.29) is 11.3 Å². The van der Waals surface area contributed by atoms with E-state index in [4.69, 9.17) is 17.3 Å². The van der Waals surface area contributed by atoms with E-state index in [1.807, 2.05) is 23.6 Å². The predicted molar refractivity (Wildman–Crippen MR) is 74.8 cm³/mol. The molecule has 0 aliphatic carbocycles. The highest BCUT2D eigenvalue weighted by Gasteiger charge is 2.15. The number of nitrogens with zero attached hydrogens (tertiary/aromatic N) is 3. The molecule has 2 aromatic heterocycles. The molecule has 6 heteroatoms. The number of pyridine rings is 1. The van der Waals surface area contributed by atoms with E-state index in [2.05, 4.69) is 9.97 Å². The highest BCUT2D eigenvalue weighted by Crippen LogP contribution is 2.23. The molecule has 0 aromatic carbocycles. The molecular weight excluding hydrogens is 264 g/mol. The number of amides is 1. The van der Waals surface area contributed by atoms with E-state index in [1.54, 1.807) is 6.20 Å². The van der Waals surface area contributed by atoms with E-state index in [1.165, 1.54) is 0 Å². The predicted octanol–water partition coefficient (Wildman–Crippen LogP) is 2.39. The van der Waals surface area contributed by atoms with Crippen LogP contribution in [0.4, 0.5) is 0 Å². The molecule has 0 spiro atoms. The Morgan fingerprint density at radius 3 is 3.00 bits per heavy atom. The molecule has 19 heavy (non-hydrogen) atoms. The normalized spacial score (nSPS) is 12.7. The number of aromatic nitrogens is 3. The van der Waals surface area contributed by atoms with Gasteiger partial charge in [0.25, 0.3) is 0 Å². The summed E-state index contributed by atoms with van der Waals surface area (Å²) < 4.78 is 2.02. The first-order chi connectivity index (χ1) is 9.09. The Hall–Kier alpha value is -1.62. The van der Waals surface area contributed by atoms with Crippen molar-refractivity contribution in [3.05, 3.63) is 24.2 Å². The van der Waals surface area contributed by atoms with E-state index >= 15 is 0 Å². The van der Waals surface area contributed by atoms with Gasteiger partial charge < -0.3 is 10.3 Å². The first kappa shape index (κ1) is 13.8. The van der Waals surface area contributed by atoms with Crippen LogP contribution in [0.25, 0.3) is 11.2 Å². The molecule has 0 saturated carbocycles. The number of hydrogen-bond donors (Lipinski definition) is 1. The molecular formula is C13H17ClN4O. The number of rotatable bonds is 6. The third kappa shape index (κ3) is 3.23. The summed E-state index contributed by atoms with van der Waals surface area (Å²) in [6.45, 7) is 2.63. The highest BCUT2D eigenvalue weighted by molar-refractivity contribution is 6.20. The summed E-state index contributed by atoms with van der Waals surface area (Å²) in [7, 11) is 0. The molecule has 1 amide bonds. The molecule has 0 saturated heterocycles. The molecule has 0 aliphatic rings. The van der Waals surface area contributed by atoms with Gasteiger partial charge in [-0.1, -0.05) is 0 Å². The maximum atomic E-state index is 10.7. The zero-order valence-electron chi connectivity index (χ0n) is 10.8. The van der Waals surface area contributed by atoms with Crippen LogP contribution in [-0.4, -0.2) is 20.4 Å². The van der Waals surface area contributed by atoms with Crippen LogP contribution >= 0.6 is 11.6 Å². The number of halogens is 1. The fraction of sp³-hybridized carbons (Fsp3) is 0.462. The van der Waals surface area contributed by atoms with Crippen LogP contribution in [0.2, 0.25) is 0 Å². The number of unbranched alkanes of at least 4 members (excludes halogenated alkanes) is 1. The number of hydrogen-bond acceptors (Lipinski definition) is 3. The number of aryl methyl sites for hydroxylation is 1. The Morgan fingerprint density at radius 2 is 2.32 bits per heavy atom. The maximum absolute atomic E-state index is 10.7. The van der Waals surface area contributed by atoms with Crippen LogP contribution < -0.4 is 5.73 Å². The summed E-state index contributed by atoms with van der Waals surface area (Å²) >= 11 is 6.16. The van der Waals surface area contributed by atoms with Gasteiger partial charge in [0.05, 0.1) is 5.38 Å². The van der Waals surface area contributed by atoms with Crippen molar-refractivity contribution in [3.63, 3.8) is 0 Å². The quantitative estimate of drug-likeness (QED) is 0.652. The van der Waals surface area contributed by atoms with E-state index in [9.17, 15) is 4.79 Å². The molecule has 5 nitrogen and oxygen atoms in total. The van der Waals surface area contributed by atoms with Crippen LogP contribution in [-0.2, 0) is 11.3 Å². The van der Waals surface area contributed by atoms with Gasteiger partial charge in [-0.15, -0.1) is 11.6 Å². The second-order valence-corrected chi connectivity index (χ2v) is 5.16. The fourth-order valence-corrected chi connectivity index (χ4v) is 2.24. The molecule has 0 aliphatic heterocycles. The molecule has 0 radical (unpaired) electrons. The summed E-state index contributed by atoms with van der Waals surface area (Å²) in [4.78, 5) is 19.6. The zero-order chi connectivity index (χ0) is 13.8. The summed E-state index contributed by atoms with van der Waals surface area (Å²) in [5, 5.41) is -0.176. The lowest BCUT2D eigenvalue weighted by Crippen LogP contribution is -2.11. The van der Waals surface area contributed by atoms with Crippen LogP contribution in [0.5, 0.6) is 0 Å². The minimum Gasteiger partial charge on any atom is -0.370 e. The van der Waals surface area contributed by atoms with Crippen molar-refractivity contribution in [1.29, 1.82) is 0 Å². The Balaban J connectivity index is 2.19. The van der Waals surface area contributed by atoms with E-state index < -0.39 is 0 Å². The lowest BCUT2D eigenvalue weighted by molar-refractivity contribution is -0.118. The van der Waals surface area contributed by atoms with Gasteiger partial charge in [0.2, 0.25) is 5.91 Å². The topological polar surface area (TPSA) is 73.8 Å². The number of carbonyl (C=O) groups is 1. The highest BCUT2D eigenvalue weighted by atomic mass is 35.5. The minimum atomic E-state index is -0.264. The largest absolute Gasteiger partial charge is 0.370 e. The maximum Gasteiger partial charge on any atom is 0.217 e. The summed E-state index contributed by atoms with van der Waals surface area (Å²) in [5.41, 5.74) is 6.81. The number of imidazole rings is 1. The smallest absolute Gasteiger partial charge is 0.217 e. The molecule has 2 heterocycles. The monoisotopic (exact) mass is 280 g/mol. The molecule has 0 bridgehead atoms. The molecule has 2 aromatic rings. The van der Waals surface area contributed by atoms with Gasteiger partial charge in [-0.2, -0.15) is 0 Å². The van der Waals surface area contributed by atoms with Gasteiger partial charge >= 0.3 is 0 Å². The molecule has 102 valence electrons. The van der Waals surface area contributed by atoms with Gasteiger partial charge in [-0.3, -0.25) is 4.79 Å². The van der Waals surface area contributed by atoms with Gasteiger partial charge in [0, 0.05) is 19.2 Å². The Morgan fingerprint density at radius 1 is 1.53 bits per heavy atom. The summed E-state index contributed by atoms with van der Waals surface area (Å²) in [6.07, 6.45) is 3.76. The SMILES string of the molecule is CC(Cl)c1nc2cccnc2n1CCCCC(N)=O. The third-order valence-corrected chi connectivity index (χ3v) is 3.14. The average molecular weight is 281 g/mol. The summed E-state index contributed by atoms with van der Waals surface area (Å²) in [6, 6.07) is 3.78. The minimum absolute atomic E-state index is 0.176. The number of carbonyl (C=O) groups excluding carboxylic acids is 1. The number of fused-ring (bicyclic) bond motifs is 1. The Kier molecular flexibility index (Phi) is 4.37. The number of primary amides is 1. The molecule has 2 N–H and O–H groups in total. The van der Waals surface area contributed by atoms with Gasteiger partial charge in [0.15, 0.2) is 5.65 Å². The lowest BCUT2D eigenvalue weighted by Gasteiger charge is -2.09. The van der Waals surface area contributed by atoms with Crippen LogP contribution in [0.3, 0.4) is 0 Å². The van der Waals surface area contributed by atoms with Crippen molar-refractivity contribution in [3.8, 4) is 0 Å². The van der Waals surface area contributed by atoms with Gasteiger partial charge in [0.1, 0.15) is 11.3 Å². The second kappa shape index (κ2) is 6.02. The van der Waals surface area contributed by atoms with Gasteiger partial charge in [-0.25, -0.2) is 9.97 Å². The van der Waals surface area contributed by atoms with E-state index in [0.29, 0.717) is 6.42 Å².